The highest BCUT2D eigenvalue weighted by atomic mass is 16.3. The molecule has 4 aliphatic rings. The number of aliphatic hydroxyl groups is 1. The Morgan fingerprint density at radius 1 is 1.13 bits per heavy atom. The number of ketones is 1. The van der Waals surface area contributed by atoms with E-state index in [1.54, 1.807) is 10.9 Å². The minimum atomic E-state index is -0.891. The minimum absolute atomic E-state index is 0.142. The minimum Gasteiger partial charge on any atom is -0.378 e. The van der Waals surface area contributed by atoms with E-state index in [4.69, 9.17) is 6.42 Å². The van der Waals surface area contributed by atoms with Gasteiger partial charge in [-0.2, -0.15) is 5.10 Å². The number of aromatic nitrogens is 2. The summed E-state index contributed by atoms with van der Waals surface area (Å²) in [6.45, 7) is 5.32. The van der Waals surface area contributed by atoms with Gasteiger partial charge in [0.15, 0.2) is 5.78 Å². The number of Topliss-reactive ketones (excluding diaryl/α,β-unsaturated/α-hetero) is 1. The summed E-state index contributed by atoms with van der Waals surface area (Å²) in [6.07, 6.45) is 18.9. The lowest BCUT2D eigenvalue weighted by Gasteiger charge is -2.61. The average molecular weight is 409 g/mol. The predicted molar refractivity (Wildman–Crippen MR) is 116 cm³/mol. The Kier molecular flexibility index (Phi) is 4.71. The predicted octanol–water partition coefficient (Wildman–Crippen LogP) is 4.48. The van der Waals surface area contributed by atoms with Gasteiger partial charge >= 0.3 is 0 Å². The fourth-order valence-electron chi connectivity index (χ4n) is 8.57. The molecular formula is C26H36N2O2. The van der Waals surface area contributed by atoms with E-state index in [-0.39, 0.29) is 11.3 Å². The molecule has 5 rings (SSSR count). The van der Waals surface area contributed by atoms with Gasteiger partial charge in [0, 0.05) is 18.3 Å². The van der Waals surface area contributed by atoms with Crippen LogP contribution in [-0.2, 0) is 11.3 Å². The highest BCUT2D eigenvalue weighted by molar-refractivity contribution is 5.82. The van der Waals surface area contributed by atoms with Crippen LogP contribution in [0.3, 0.4) is 0 Å². The summed E-state index contributed by atoms with van der Waals surface area (Å²) in [6, 6.07) is 1.89. The second kappa shape index (κ2) is 6.95. The summed E-state index contributed by atoms with van der Waals surface area (Å²) in [7, 11) is 0. The van der Waals surface area contributed by atoms with Crippen LogP contribution in [0.5, 0.6) is 0 Å². The van der Waals surface area contributed by atoms with Gasteiger partial charge in [0.2, 0.25) is 0 Å². The molecule has 0 aromatic carbocycles. The van der Waals surface area contributed by atoms with Crippen LogP contribution >= 0.6 is 0 Å². The molecule has 4 heteroatoms. The zero-order valence-corrected chi connectivity index (χ0v) is 18.5. The standard InChI is InChI=1S/C26H36N2O2/c1-4-26(30)13-12-24(2)18(16-26)6-7-19-20-8-9-22(25(20,3)11-10-21(19)24)23(29)17-28-15-5-14-27-28/h1,5,14-15,18-22,30H,6-13,16-17H2,2-3H3/t18?,19-,20-,21-,22+,24-,25-,26?/m0/s1. The van der Waals surface area contributed by atoms with Gasteiger partial charge in [-0.05, 0) is 98.4 Å². The van der Waals surface area contributed by atoms with Crippen LogP contribution in [0.1, 0.15) is 71.6 Å². The van der Waals surface area contributed by atoms with E-state index >= 15 is 0 Å². The topological polar surface area (TPSA) is 55.1 Å². The first-order valence-electron chi connectivity index (χ1n) is 12.0. The summed E-state index contributed by atoms with van der Waals surface area (Å²) in [5.41, 5.74) is -0.454. The summed E-state index contributed by atoms with van der Waals surface area (Å²) >= 11 is 0. The van der Waals surface area contributed by atoms with Crippen molar-refractivity contribution in [3.05, 3.63) is 18.5 Å². The van der Waals surface area contributed by atoms with E-state index in [0.717, 1.165) is 43.9 Å². The van der Waals surface area contributed by atoms with Crippen LogP contribution < -0.4 is 0 Å². The van der Waals surface area contributed by atoms with Gasteiger partial charge in [0.25, 0.3) is 0 Å². The maximum Gasteiger partial charge on any atom is 0.157 e. The highest BCUT2D eigenvalue weighted by Crippen LogP contribution is 2.68. The number of carbonyl (C=O) groups excluding carboxylic acids is 1. The largest absolute Gasteiger partial charge is 0.378 e. The molecular weight excluding hydrogens is 372 g/mol. The number of fused-ring (bicyclic) bond motifs is 5. The van der Waals surface area contributed by atoms with Crippen molar-refractivity contribution >= 4 is 5.78 Å². The van der Waals surface area contributed by atoms with E-state index in [0.29, 0.717) is 29.6 Å². The van der Waals surface area contributed by atoms with Gasteiger partial charge in [-0.3, -0.25) is 9.48 Å². The first-order valence-corrected chi connectivity index (χ1v) is 12.0. The van der Waals surface area contributed by atoms with Gasteiger partial charge in [-0.1, -0.05) is 19.8 Å². The quantitative estimate of drug-likeness (QED) is 0.751. The summed E-state index contributed by atoms with van der Waals surface area (Å²) in [5, 5.41) is 15.0. The SMILES string of the molecule is C#CC1(O)CC[C@@]2(C)C(CC[C@H]3[C@@H]4CC[C@H](C(=O)Cn5cccn5)[C@@]4(C)CC[C@@H]32)C1. The van der Waals surface area contributed by atoms with Crippen molar-refractivity contribution in [3.8, 4) is 12.3 Å². The number of hydrogen-bond acceptors (Lipinski definition) is 3. The maximum atomic E-state index is 13.2. The first-order chi connectivity index (χ1) is 14.3. The molecule has 1 N–H and O–H groups in total. The van der Waals surface area contributed by atoms with E-state index in [2.05, 4.69) is 24.9 Å². The molecule has 0 saturated heterocycles. The Morgan fingerprint density at radius 2 is 1.93 bits per heavy atom. The number of terminal acetylenes is 1. The van der Waals surface area contributed by atoms with Crippen molar-refractivity contribution in [1.29, 1.82) is 0 Å². The van der Waals surface area contributed by atoms with E-state index in [1.165, 1.54) is 25.7 Å². The van der Waals surface area contributed by atoms with Crippen LogP contribution in [0.4, 0.5) is 0 Å². The van der Waals surface area contributed by atoms with Crippen molar-refractivity contribution in [3.63, 3.8) is 0 Å². The van der Waals surface area contributed by atoms with E-state index in [1.807, 2.05) is 12.3 Å². The Morgan fingerprint density at radius 3 is 2.67 bits per heavy atom. The number of hydrogen-bond donors (Lipinski definition) is 1. The van der Waals surface area contributed by atoms with Gasteiger partial charge in [0.05, 0.1) is 6.54 Å². The molecule has 0 spiro atoms. The molecule has 1 aromatic heterocycles. The molecule has 0 bridgehead atoms. The molecule has 1 aromatic rings. The smallest absolute Gasteiger partial charge is 0.157 e. The zero-order chi connectivity index (χ0) is 21.1. The second-order valence-corrected chi connectivity index (χ2v) is 11.4. The third kappa shape index (κ3) is 2.92. The fraction of sp³-hybridized carbons (Fsp3) is 0.769. The molecule has 0 radical (unpaired) electrons. The van der Waals surface area contributed by atoms with Crippen molar-refractivity contribution in [1.82, 2.24) is 9.78 Å². The van der Waals surface area contributed by atoms with Crippen LogP contribution in [0.2, 0.25) is 0 Å². The molecule has 8 atom stereocenters. The van der Waals surface area contributed by atoms with Gasteiger partial charge in [-0.15, -0.1) is 6.42 Å². The third-order valence-electron chi connectivity index (χ3n) is 10.3. The first kappa shape index (κ1) is 20.3. The molecule has 162 valence electrons. The monoisotopic (exact) mass is 408 g/mol. The zero-order valence-electron chi connectivity index (χ0n) is 18.5. The third-order valence-corrected chi connectivity index (χ3v) is 10.3. The van der Waals surface area contributed by atoms with Crippen molar-refractivity contribution in [2.24, 2.45) is 40.4 Å². The normalized spacial score (nSPS) is 47.6. The molecule has 2 unspecified atom stereocenters. The second-order valence-electron chi connectivity index (χ2n) is 11.4. The Bertz CT molecular complexity index is 857. The van der Waals surface area contributed by atoms with Crippen molar-refractivity contribution < 1.29 is 9.90 Å². The Labute approximate surface area is 180 Å². The van der Waals surface area contributed by atoms with Crippen molar-refractivity contribution in [2.75, 3.05) is 0 Å². The van der Waals surface area contributed by atoms with E-state index in [9.17, 15) is 9.90 Å². The Balaban J connectivity index is 1.35. The van der Waals surface area contributed by atoms with Gasteiger partial charge < -0.3 is 5.11 Å². The highest BCUT2D eigenvalue weighted by Gasteiger charge is 2.61. The number of nitrogens with zero attached hydrogens (tertiary/aromatic N) is 2. The number of rotatable bonds is 3. The lowest BCUT2D eigenvalue weighted by molar-refractivity contribution is -0.145. The number of carbonyl (C=O) groups is 1. The average Bonchev–Trinajstić information content (AvgIpc) is 3.35. The molecule has 1 heterocycles. The molecule has 30 heavy (non-hydrogen) atoms. The van der Waals surface area contributed by atoms with Crippen molar-refractivity contribution in [2.45, 2.75) is 83.8 Å². The molecule has 4 fully saturated rings. The molecule has 0 amide bonds. The van der Waals surface area contributed by atoms with Gasteiger partial charge in [-0.25, -0.2) is 0 Å². The van der Waals surface area contributed by atoms with Gasteiger partial charge in [0.1, 0.15) is 5.60 Å². The molecule has 4 nitrogen and oxygen atoms in total. The van der Waals surface area contributed by atoms with Crippen LogP contribution in [-0.4, -0.2) is 26.3 Å². The lowest BCUT2D eigenvalue weighted by atomic mass is 9.44. The lowest BCUT2D eigenvalue weighted by Crippen LogP contribution is -2.56. The van der Waals surface area contributed by atoms with Crippen LogP contribution in [0.15, 0.2) is 18.5 Å². The fourth-order valence-corrected chi connectivity index (χ4v) is 8.57. The summed E-state index contributed by atoms with van der Waals surface area (Å²) in [4.78, 5) is 13.2. The van der Waals surface area contributed by atoms with Crippen LogP contribution in [0.25, 0.3) is 0 Å². The summed E-state index contributed by atoms with van der Waals surface area (Å²) < 4.78 is 1.78. The van der Waals surface area contributed by atoms with Crippen LogP contribution in [0, 0.1) is 52.8 Å². The maximum absolute atomic E-state index is 13.2. The summed E-state index contributed by atoms with van der Waals surface area (Å²) in [5.74, 6) is 5.89. The Hall–Kier alpha value is -1.60. The molecule has 4 saturated carbocycles. The molecule has 0 aliphatic heterocycles. The van der Waals surface area contributed by atoms with E-state index < -0.39 is 5.60 Å². The molecule has 4 aliphatic carbocycles.